The van der Waals surface area contributed by atoms with Crippen molar-refractivity contribution in [3.63, 3.8) is 0 Å². The fourth-order valence-corrected chi connectivity index (χ4v) is 6.82. The lowest BCUT2D eigenvalue weighted by Crippen LogP contribution is -2.45. The Bertz CT molecular complexity index is 834. The molecule has 298 valence electrons. The molecular weight excluding hydrogens is 647 g/mol. The predicted molar refractivity (Wildman–Crippen MR) is 210 cm³/mol. The van der Waals surface area contributed by atoms with E-state index in [4.69, 9.17) is 9.05 Å². The first kappa shape index (κ1) is 49.2. The minimum absolute atomic E-state index is 0.00102. The van der Waals surface area contributed by atoms with Crippen LogP contribution in [-0.2, 0) is 18.4 Å². The second-order valence-corrected chi connectivity index (χ2v) is 17.1. The van der Waals surface area contributed by atoms with Crippen LogP contribution in [0, 0.1) is 0 Å². The number of likely N-dealkylation sites (N-methyl/N-ethyl adjacent to an activating group) is 1. The number of aliphatic hydroxyl groups is 1. The van der Waals surface area contributed by atoms with Crippen molar-refractivity contribution in [3.05, 3.63) is 12.2 Å². The van der Waals surface area contributed by atoms with E-state index in [1.54, 1.807) is 6.08 Å². The summed E-state index contributed by atoms with van der Waals surface area (Å²) in [7, 11) is 1.26. The van der Waals surface area contributed by atoms with E-state index >= 15 is 0 Å². The van der Waals surface area contributed by atoms with E-state index in [1.165, 1.54) is 122 Å². The molecule has 0 saturated carbocycles. The quantitative estimate of drug-likeness (QED) is 0.0283. The molecule has 0 bridgehead atoms. The highest BCUT2D eigenvalue weighted by Crippen LogP contribution is 2.38. The number of hydrogen-bond acceptors (Lipinski definition) is 6. The second-order valence-electron chi connectivity index (χ2n) is 15.7. The molecular formula is C41H83N2O6P. The van der Waals surface area contributed by atoms with Crippen LogP contribution in [0.3, 0.4) is 0 Å². The first-order valence-corrected chi connectivity index (χ1v) is 22.5. The lowest BCUT2D eigenvalue weighted by atomic mass is 10.0. The van der Waals surface area contributed by atoms with Crippen LogP contribution < -0.4 is 10.2 Å². The summed E-state index contributed by atoms with van der Waals surface area (Å²) in [5.41, 5.74) is 0. The smallest absolute Gasteiger partial charge is 0.268 e. The second kappa shape index (κ2) is 34.0. The van der Waals surface area contributed by atoms with Crippen LogP contribution in [0.4, 0.5) is 0 Å². The van der Waals surface area contributed by atoms with Gasteiger partial charge in [0.25, 0.3) is 7.82 Å². The number of aliphatic hydroxyl groups excluding tert-OH is 1. The third kappa shape index (κ3) is 35.6. The number of phosphoric ester groups is 1. The molecule has 0 aliphatic rings. The zero-order valence-corrected chi connectivity index (χ0v) is 34.5. The summed E-state index contributed by atoms with van der Waals surface area (Å²) in [6.07, 6.45) is 37.4. The molecule has 0 aliphatic carbocycles. The lowest BCUT2D eigenvalue weighted by Gasteiger charge is -2.29. The largest absolute Gasteiger partial charge is 0.756 e. The van der Waals surface area contributed by atoms with Gasteiger partial charge in [-0.15, -0.1) is 0 Å². The van der Waals surface area contributed by atoms with Crippen LogP contribution in [-0.4, -0.2) is 68.5 Å². The molecule has 0 heterocycles. The van der Waals surface area contributed by atoms with E-state index < -0.39 is 20.0 Å². The summed E-state index contributed by atoms with van der Waals surface area (Å²) in [6.45, 7) is 4.56. The Morgan fingerprint density at radius 1 is 0.680 bits per heavy atom. The fourth-order valence-electron chi connectivity index (χ4n) is 6.09. The Morgan fingerprint density at radius 2 is 1.08 bits per heavy atom. The van der Waals surface area contributed by atoms with Crippen molar-refractivity contribution >= 4 is 13.7 Å². The highest BCUT2D eigenvalue weighted by Gasteiger charge is 2.23. The van der Waals surface area contributed by atoms with Gasteiger partial charge in [-0.2, -0.15) is 0 Å². The van der Waals surface area contributed by atoms with Crippen molar-refractivity contribution in [2.45, 2.75) is 206 Å². The molecule has 0 spiro atoms. The Labute approximate surface area is 310 Å². The highest BCUT2D eigenvalue weighted by atomic mass is 31.2. The predicted octanol–water partition coefficient (Wildman–Crippen LogP) is 10.6. The van der Waals surface area contributed by atoms with Crippen molar-refractivity contribution in [1.82, 2.24) is 5.32 Å². The van der Waals surface area contributed by atoms with Crippen molar-refractivity contribution in [1.29, 1.82) is 0 Å². The number of amides is 1. The van der Waals surface area contributed by atoms with Gasteiger partial charge >= 0.3 is 0 Å². The SMILES string of the molecule is CCCCCCCCCCCCCCCCCCCCCCC/C=C/C(O)C(COP(=O)([O-])OCC[N+](C)(C)C)NC(=O)CCCCCCC. The summed E-state index contributed by atoms with van der Waals surface area (Å²) in [6, 6.07) is -0.876. The molecule has 0 aliphatic heterocycles. The van der Waals surface area contributed by atoms with E-state index in [9.17, 15) is 19.4 Å². The van der Waals surface area contributed by atoms with Crippen LogP contribution in [0.5, 0.6) is 0 Å². The lowest BCUT2D eigenvalue weighted by molar-refractivity contribution is -0.870. The normalized spacial score (nSPS) is 14.6. The first-order valence-electron chi connectivity index (χ1n) is 21.1. The summed E-state index contributed by atoms with van der Waals surface area (Å²) in [5.74, 6) is -0.210. The van der Waals surface area contributed by atoms with Crippen LogP contribution in [0.15, 0.2) is 12.2 Å². The maximum absolute atomic E-state index is 12.6. The molecule has 0 radical (unpaired) electrons. The number of rotatable bonds is 38. The molecule has 8 nitrogen and oxygen atoms in total. The molecule has 50 heavy (non-hydrogen) atoms. The van der Waals surface area contributed by atoms with Gasteiger partial charge in [0.05, 0.1) is 39.9 Å². The maximum Gasteiger partial charge on any atom is 0.268 e. The molecule has 0 aromatic rings. The van der Waals surface area contributed by atoms with Crippen molar-refractivity contribution < 1.29 is 32.9 Å². The fraction of sp³-hybridized carbons (Fsp3) is 0.927. The summed E-state index contributed by atoms with van der Waals surface area (Å²) >= 11 is 0. The van der Waals surface area contributed by atoms with Crippen LogP contribution in [0.1, 0.15) is 194 Å². The van der Waals surface area contributed by atoms with Gasteiger partial charge in [-0.3, -0.25) is 9.36 Å². The van der Waals surface area contributed by atoms with E-state index in [-0.39, 0.29) is 19.1 Å². The van der Waals surface area contributed by atoms with Gasteiger partial charge in [-0.05, 0) is 19.3 Å². The Hall–Kier alpha value is -0.760. The number of hydrogen-bond donors (Lipinski definition) is 2. The zero-order valence-electron chi connectivity index (χ0n) is 33.6. The average Bonchev–Trinajstić information content (AvgIpc) is 3.06. The third-order valence-corrected chi connectivity index (χ3v) is 10.5. The molecule has 2 N–H and O–H groups in total. The number of carbonyl (C=O) groups excluding carboxylic acids is 1. The molecule has 1 amide bonds. The van der Waals surface area contributed by atoms with E-state index in [1.807, 2.05) is 27.2 Å². The monoisotopic (exact) mass is 731 g/mol. The summed E-state index contributed by atoms with van der Waals surface area (Å²) in [5, 5.41) is 13.6. The number of unbranched alkanes of at least 4 members (excludes halogenated alkanes) is 25. The molecule has 0 aromatic heterocycles. The maximum atomic E-state index is 12.6. The van der Waals surface area contributed by atoms with Crippen molar-refractivity contribution in [3.8, 4) is 0 Å². The Kier molecular flexibility index (Phi) is 33.5. The van der Waals surface area contributed by atoms with E-state index in [0.29, 0.717) is 17.4 Å². The van der Waals surface area contributed by atoms with Crippen LogP contribution in [0.25, 0.3) is 0 Å². The Morgan fingerprint density at radius 3 is 1.50 bits per heavy atom. The summed E-state index contributed by atoms with van der Waals surface area (Å²) < 4.78 is 23.0. The minimum atomic E-state index is -4.57. The number of phosphoric acid groups is 1. The molecule has 3 atom stereocenters. The highest BCUT2D eigenvalue weighted by molar-refractivity contribution is 7.45. The third-order valence-electron chi connectivity index (χ3n) is 9.50. The van der Waals surface area contributed by atoms with Gasteiger partial charge in [0.15, 0.2) is 0 Å². The van der Waals surface area contributed by atoms with Gasteiger partial charge in [-0.1, -0.05) is 180 Å². The van der Waals surface area contributed by atoms with Gasteiger partial charge < -0.3 is 28.8 Å². The van der Waals surface area contributed by atoms with Gasteiger partial charge in [0, 0.05) is 6.42 Å². The standard InChI is InChI=1S/C41H83N2O6P/c1-6-8-10-12-13-14-15-16-17-18-19-20-21-22-23-24-25-26-27-28-29-31-32-34-40(44)39(42-41(45)35-33-30-11-9-7-2)38-49-50(46,47)48-37-36-43(3,4)5/h32,34,39-40,44H,6-31,33,35-38H2,1-5H3,(H-,42,45,46,47)/b34-32+. The topological polar surface area (TPSA) is 108 Å². The first-order chi connectivity index (χ1) is 24.0. The van der Waals surface area contributed by atoms with Gasteiger partial charge in [0.2, 0.25) is 5.91 Å². The molecule has 0 fully saturated rings. The van der Waals surface area contributed by atoms with Gasteiger partial charge in [-0.25, -0.2) is 0 Å². The number of allylic oxidation sites excluding steroid dienone is 1. The number of nitrogens with zero attached hydrogens (tertiary/aromatic N) is 1. The molecule has 3 unspecified atom stereocenters. The Balaban J connectivity index is 4.12. The van der Waals surface area contributed by atoms with Crippen LogP contribution in [0.2, 0.25) is 0 Å². The zero-order chi connectivity index (χ0) is 37.2. The van der Waals surface area contributed by atoms with Gasteiger partial charge in [0.1, 0.15) is 13.2 Å². The van der Waals surface area contributed by atoms with E-state index in [0.717, 1.165) is 51.4 Å². The van der Waals surface area contributed by atoms with Crippen LogP contribution >= 0.6 is 7.82 Å². The number of quaternary nitrogens is 1. The molecule has 9 heteroatoms. The minimum Gasteiger partial charge on any atom is -0.756 e. The van der Waals surface area contributed by atoms with Crippen molar-refractivity contribution in [2.75, 3.05) is 40.9 Å². The molecule has 0 rings (SSSR count). The van der Waals surface area contributed by atoms with Crippen molar-refractivity contribution in [2.24, 2.45) is 0 Å². The summed E-state index contributed by atoms with van der Waals surface area (Å²) in [4.78, 5) is 24.9. The number of nitrogens with one attached hydrogen (secondary N) is 1. The van der Waals surface area contributed by atoms with E-state index in [2.05, 4.69) is 19.2 Å². The average molecular weight is 731 g/mol. The number of carbonyl (C=O) groups is 1. The molecule has 0 aromatic carbocycles. The molecule has 0 saturated heterocycles.